The summed E-state index contributed by atoms with van der Waals surface area (Å²) < 4.78 is 5.65. The minimum Gasteiger partial charge on any atom is -0.480 e. The number of carbonyl (C=O) groups excluding carboxylic acids is 2. The average Bonchev–Trinajstić information content (AvgIpc) is 3.77. The molecule has 0 spiro atoms. The number of ether oxygens (including phenoxy) is 1. The van der Waals surface area contributed by atoms with Gasteiger partial charge in [-0.2, -0.15) is 0 Å². The van der Waals surface area contributed by atoms with E-state index in [-0.39, 0.29) is 18.6 Å². The zero-order valence-corrected chi connectivity index (χ0v) is 25.7. The number of aliphatic hydroxyl groups excluding tert-OH is 1. The van der Waals surface area contributed by atoms with Crippen molar-refractivity contribution in [2.24, 2.45) is 0 Å². The van der Waals surface area contributed by atoms with E-state index in [0.29, 0.717) is 13.0 Å². The molecule has 0 saturated heterocycles. The van der Waals surface area contributed by atoms with Crippen molar-refractivity contribution in [3.05, 3.63) is 114 Å². The molecule has 2 unspecified atom stereocenters. The molecule has 2 aromatic heterocycles. The first-order valence-corrected chi connectivity index (χ1v) is 15.6. The van der Waals surface area contributed by atoms with Gasteiger partial charge in [0.25, 0.3) is 0 Å². The van der Waals surface area contributed by atoms with E-state index in [9.17, 15) is 14.4 Å². The average molecular weight is 639 g/mol. The molecule has 0 fully saturated rings. The maximum Gasteiger partial charge on any atom is 0.328 e. The molecule has 0 aliphatic heterocycles. The lowest BCUT2D eigenvalue weighted by atomic mass is 9.99. The van der Waals surface area contributed by atoms with Crippen molar-refractivity contribution in [1.82, 2.24) is 20.6 Å². The van der Waals surface area contributed by atoms with Crippen LogP contribution in [0.15, 0.2) is 97.2 Å². The highest BCUT2D eigenvalue weighted by Crippen LogP contribution is 2.39. The monoisotopic (exact) mass is 638 g/mol. The Hall–Kier alpha value is -5.10. The number of carbonyl (C=O) groups is 3. The second kappa shape index (κ2) is 15.8. The van der Waals surface area contributed by atoms with Crippen LogP contribution in [0.5, 0.6) is 0 Å². The van der Waals surface area contributed by atoms with Gasteiger partial charge < -0.3 is 30.6 Å². The van der Waals surface area contributed by atoms with Gasteiger partial charge in [-0.3, -0.25) is 9.59 Å². The van der Waals surface area contributed by atoms with E-state index in [2.05, 4.69) is 15.6 Å². The van der Waals surface area contributed by atoms with Gasteiger partial charge in [0.15, 0.2) is 0 Å². The molecule has 236 valence electrons. The molecule has 0 radical (unpaired) electrons. The molecule has 4 aromatic rings. The number of amides is 2. The largest absolute Gasteiger partial charge is 0.480 e. The Kier molecular flexibility index (Phi) is 11.1. The van der Waals surface area contributed by atoms with Gasteiger partial charge in [0.05, 0.1) is 29.0 Å². The number of nitrogens with one attached hydrogen (secondary N) is 3. The van der Waals surface area contributed by atoms with Gasteiger partial charge in [-0.25, -0.2) is 9.78 Å². The quantitative estimate of drug-likeness (QED) is 0.128. The number of thiazole rings is 1. The zero-order chi connectivity index (χ0) is 32.3. The molecule has 5 N–H and O–H groups in total. The van der Waals surface area contributed by atoms with Crippen LogP contribution < -0.4 is 10.6 Å². The second-order valence-electron chi connectivity index (χ2n) is 10.5. The third kappa shape index (κ3) is 8.75. The number of aliphatic carboxylic acids is 1. The maximum atomic E-state index is 12.3. The first-order chi connectivity index (χ1) is 22.4. The van der Waals surface area contributed by atoms with Crippen molar-refractivity contribution in [2.45, 2.75) is 25.0 Å². The molecule has 2 aromatic carbocycles. The number of rotatable bonds is 14. The Bertz CT molecular complexity index is 1730. The number of allylic oxidation sites excluding steroid dienone is 2. The summed E-state index contributed by atoms with van der Waals surface area (Å²) in [7, 11) is 0. The predicted molar refractivity (Wildman–Crippen MR) is 178 cm³/mol. The minimum absolute atomic E-state index is 0.145. The van der Waals surface area contributed by atoms with Crippen LogP contribution in [-0.2, 0) is 25.5 Å². The predicted octanol–water partition coefficient (Wildman–Crippen LogP) is 4.47. The zero-order valence-electron chi connectivity index (χ0n) is 24.9. The molecular weight excluding hydrogens is 604 g/mol. The van der Waals surface area contributed by atoms with Crippen molar-refractivity contribution in [3.63, 3.8) is 0 Å². The van der Waals surface area contributed by atoms with Gasteiger partial charge in [-0.1, -0.05) is 72.8 Å². The Balaban J connectivity index is 1.23. The van der Waals surface area contributed by atoms with Crippen LogP contribution in [0.4, 0.5) is 0 Å². The first kappa shape index (κ1) is 32.3. The molecule has 1 aliphatic carbocycles. The van der Waals surface area contributed by atoms with Crippen LogP contribution in [0, 0.1) is 0 Å². The normalized spacial score (nSPS) is 15.0. The van der Waals surface area contributed by atoms with Crippen LogP contribution in [-0.4, -0.2) is 69.9 Å². The summed E-state index contributed by atoms with van der Waals surface area (Å²) in [6.07, 6.45) is 11.8. The molecule has 0 bridgehead atoms. The Morgan fingerprint density at radius 1 is 1.09 bits per heavy atom. The van der Waals surface area contributed by atoms with Crippen molar-refractivity contribution in [3.8, 4) is 21.1 Å². The number of carboxylic acids is 1. The molecule has 0 saturated carbocycles. The molecular formula is C35H34N4O6S. The van der Waals surface area contributed by atoms with E-state index in [0.717, 1.165) is 44.4 Å². The van der Waals surface area contributed by atoms with Crippen molar-refractivity contribution in [1.29, 1.82) is 0 Å². The van der Waals surface area contributed by atoms with Crippen molar-refractivity contribution < 1.29 is 29.3 Å². The molecule has 2 amide bonds. The summed E-state index contributed by atoms with van der Waals surface area (Å²) in [5, 5.41) is 24.1. The molecule has 2 atom stereocenters. The van der Waals surface area contributed by atoms with E-state index in [1.165, 1.54) is 5.56 Å². The van der Waals surface area contributed by atoms with E-state index in [1.807, 2.05) is 91.2 Å². The van der Waals surface area contributed by atoms with Gasteiger partial charge >= 0.3 is 5.97 Å². The van der Waals surface area contributed by atoms with Gasteiger partial charge in [-0.15, -0.1) is 11.3 Å². The number of benzene rings is 2. The van der Waals surface area contributed by atoms with Crippen molar-refractivity contribution in [2.75, 3.05) is 19.8 Å². The van der Waals surface area contributed by atoms with Crippen LogP contribution in [0.3, 0.4) is 0 Å². The fourth-order valence-electron chi connectivity index (χ4n) is 4.75. The number of H-pyrrole nitrogens is 1. The maximum absolute atomic E-state index is 12.3. The highest BCUT2D eigenvalue weighted by molar-refractivity contribution is 7.18. The summed E-state index contributed by atoms with van der Waals surface area (Å²) in [6, 6.07) is 20.5. The van der Waals surface area contributed by atoms with E-state index >= 15 is 0 Å². The number of aliphatic hydroxyl groups is 1. The lowest BCUT2D eigenvalue weighted by molar-refractivity contribution is -0.143. The number of carboxylic acid groups (broad SMARTS) is 1. The molecule has 11 heteroatoms. The third-order valence-corrected chi connectivity index (χ3v) is 8.33. The molecule has 2 heterocycles. The number of nitrogens with zero attached hydrogens (tertiary/aromatic N) is 1. The van der Waals surface area contributed by atoms with Crippen molar-refractivity contribution >= 4 is 40.8 Å². The molecule has 5 rings (SSSR count). The van der Waals surface area contributed by atoms with Gasteiger partial charge in [0.2, 0.25) is 11.8 Å². The Morgan fingerprint density at radius 2 is 1.89 bits per heavy atom. The van der Waals surface area contributed by atoms with E-state index < -0.39 is 24.5 Å². The highest BCUT2D eigenvalue weighted by Gasteiger charge is 2.22. The lowest BCUT2D eigenvalue weighted by Gasteiger charge is -2.18. The Morgan fingerprint density at radius 3 is 2.57 bits per heavy atom. The summed E-state index contributed by atoms with van der Waals surface area (Å²) in [5.74, 6) is -2.08. The summed E-state index contributed by atoms with van der Waals surface area (Å²) in [4.78, 5) is 44.6. The summed E-state index contributed by atoms with van der Waals surface area (Å²) in [5.41, 5.74) is 5.69. The minimum atomic E-state index is -1.37. The van der Waals surface area contributed by atoms with E-state index in [4.69, 9.17) is 19.9 Å². The number of hydrogen-bond donors (Lipinski definition) is 5. The summed E-state index contributed by atoms with van der Waals surface area (Å²) >= 11 is 1.57. The van der Waals surface area contributed by atoms with Crippen LogP contribution >= 0.6 is 11.3 Å². The smallest absolute Gasteiger partial charge is 0.328 e. The van der Waals surface area contributed by atoms with Gasteiger partial charge in [-0.05, 0) is 53.3 Å². The SMILES string of the molecule is O=C(C=Cc1ccc(-c2sc(-c3ccc[nH]3)nc2C2=CCC(OCC(=O)NC(CO)C(=O)O)C=C2)cc1)NCCc1ccccc1. The molecule has 10 nitrogen and oxygen atoms in total. The first-order valence-electron chi connectivity index (χ1n) is 14.8. The number of aromatic nitrogens is 2. The van der Waals surface area contributed by atoms with Gasteiger partial charge in [0, 0.05) is 18.8 Å². The topological polar surface area (TPSA) is 154 Å². The second-order valence-corrected chi connectivity index (χ2v) is 11.5. The summed E-state index contributed by atoms with van der Waals surface area (Å²) in [6.45, 7) is -0.478. The number of hydrogen-bond acceptors (Lipinski definition) is 7. The molecule has 46 heavy (non-hydrogen) atoms. The fourth-order valence-corrected chi connectivity index (χ4v) is 5.83. The lowest BCUT2D eigenvalue weighted by Crippen LogP contribution is -2.45. The third-order valence-electron chi connectivity index (χ3n) is 7.19. The van der Waals surface area contributed by atoms with Crippen LogP contribution in [0.2, 0.25) is 0 Å². The van der Waals surface area contributed by atoms with Crippen LogP contribution in [0.25, 0.3) is 32.8 Å². The Labute approximate surface area is 270 Å². The van der Waals surface area contributed by atoms with Crippen LogP contribution in [0.1, 0.15) is 23.2 Å². The standard InChI is InChI=1S/C35H34N4O6S/c40-21-29(35(43)44)38-31(42)22-45-27-15-13-25(14-16-27)32-33(46-34(39-32)28-7-4-19-36-28)26-11-8-24(9-12-26)10-17-30(41)37-20-18-23-5-2-1-3-6-23/h1-15,17,19,27,29,36,40H,16,18,20-22H2,(H,37,41)(H,38,42)(H,43,44). The number of aromatic amines is 1. The van der Waals surface area contributed by atoms with Gasteiger partial charge in [0.1, 0.15) is 17.7 Å². The fraction of sp³-hybridized carbons (Fsp3) is 0.200. The highest BCUT2D eigenvalue weighted by atomic mass is 32.1. The van der Waals surface area contributed by atoms with E-state index in [1.54, 1.807) is 23.5 Å². The molecule has 1 aliphatic rings.